The van der Waals surface area contributed by atoms with Crippen molar-refractivity contribution in [2.45, 2.75) is 18.9 Å². The van der Waals surface area contributed by atoms with Crippen LogP contribution >= 0.6 is 15.9 Å². The number of nitriles is 1. The van der Waals surface area contributed by atoms with Crippen molar-refractivity contribution in [2.75, 3.05) is 0 Å². The number of allylic oxidation sites excluding steroid dienone is 4. The maximum atomic E-state index is 13.1. The molecule has 1 aliphatic rings. The summed E-state index contributed by atoms with van der Waals surface area (Å²) in [5, 5.41) is 10.1. The van der Waals surface area contributed by atoms with E-state index in [1.54, 1.807) is 6.08 Å². The van der Waals surface area contributed by atoms with Gasteiger partial charge in [0.15, 0.2) is 0 Å². The Kier molecular flexibility index (Phi) is 3.48. The molecule has 0 amide bonds. The molecule has 0 N–H and O–H groups in total. The van der Waals surface area contributed by atoms with Gasteiger partial charge in [-0.2, -0.15) is 5.26 Å². The Balaban J connectivity index is 2.15. The number of hydrogen-bond donors (Lipinski definition) is 0. The summed E-state index contributed by atoms with van der Waals surface area (Å²) in [6, 6.07) is 12.2. The van der Waals surface area contributed by atoms with Crippen molar-refractivity contribution in [1.29, 1.82) is 5.26 Å². The third kappa shape index (κ3) is 2.21. The maximum Gasteiger partial charge on any atom is 0.266 e. The number of para-hydroxylation sites is 1. The van der Waals surface area contributed by atoms with Crippen molar-refractivity contribution in [3.63, 3.8) is 0 Å². The first-order valence-electron chi connectivity index (χ1n) is 8.05. The SMILES string of the molecule is Cn1c2ccccc2c2c1cc(Br)c(=O)n2C1(C)C=CC(C#N)=CC1. The Morgan fingerprint density at radius 2 is 2.04 bits per heavy atom. The zero-order valence-corrected chi connectivity index (χ0v) is 15.5. The zero-order chi connectivity index (χ0) is 17.8. The van der Waals surface area contributed by atoms with Gasteiger partial charge < -0.3 is 4.57 Å². The molecular weight excluding hydrogens is 378 g/mol. The lowest BCUT2D eigenvalue weighted by Gasteiger charge is -2.31. The van der Waals surface area contributed by atoms with Crippen LogP contribution in [0.1, 0.15) is 13.3 Å². The minimum atomic E-state index is -0.524. The van der Waals surface area contributed by atoms with Crippen molar-refractivity contribution < 1.29 is 0 Å². The van der Waals surface area contributed by atoms with Gasteiger partial charge >= 0.3 is 0 Å². The molecule has 0 aliphatic heterocycles. The summed E-state index contributed by atoms with van der Waals surface area (Å²) in [7, 11) is 2.01. The minimum Gasteiger partial charge on any atom is -0.342 e. The van der Waals surface area contributed by atoms with Gasteiger partial charge in [0, 0.05) is 18.0 Å². The molecule has 0 saturated carbocycles. The number of rotatable bonds is 1. The first-order chi connectivity index (χ1) is 12.0. The average Bonchev–Trinajstić information content (AvgIpc) is 2.89. The number of nitrogens with zero attached hydrogens (tertiary/aromatic N) is 3. The van der Waals surface area contributed by atoms with Crippen molar-refractivity contribution in [1.82, 2.24) is 9.13 Å². The van der Waals surface area contributed by atoms with Gasteiger partial charge in [-0.15, -0.1) is 0 Å². The van der Waals surface area contributed by atoms with E-state index in [1.807, 2.05) is 55.0 Å². The summed E-state index contributed by atoms with van der Waals surface area (Å²) in [5.74, 6) is 0. The van der Waals surface area contributed by atoms with E-state index in [-0.39, 0.29) is 5.56 Å². The molecular formula is C20H16BrN3O. The maximum absolute atomic E-state index is 13.1. The molecule has 124 valence electrons. The molecule has 2 heterocycles. The van der Waals surface area contributed by atoms with E-state index in [4.69, 9.17) is 5.26 Å². The van der Waals surface area contributed by atoms with Crippen LogP contribution in [0.2, 0.25) is 0 Å². The van der Waals surface area contributed by atoms with Gasteiger partial charge in [0.2, 0.25) is 0 Å². The van der Waals surface area contributed by atoms with Crippen LogP contribution in [0.5, 0.6) is 0 Å². The van der Waals surface area contributed by atoms with Crippen LogP contribution in [0.25, 0.3) is 21.9 Å². The predicted octanol–water partition coefficient (Wildman–Crippen LogP) is 4.38. The van der Waals surface area contributed by atoms with Crippen molar-refractivity contribution in [3.8, 4) is 6.07 Å². The van der Waals surface area contributed by atoms with Gasteiger partial charge in [0.05, 0.1) is 32.6 Å². The molecule has 4 nitrogen and oxygen atoms in total. The smallest absolute Gasteiger partial charge is 0.266 e. The Morgan fingerprint density at radius 1 is 1.28 bits per heavy atom. The largest absolute Gasteiger partial charge is 0.342 e. The van der Waals surface area contributed by atoms with Crippen LogP contribution in [0.15, 0.2) is 63.4 Å². The number of halogens is 1. The molecule has 5 heteroatoms. The quantitative estimate of drug-likeness (QED) is 0.615. The number of hydrogen-bond acceptors (Lipinski definition) is 2. The van der Waals surface area contributed by atoms with E-state index in [9.17, 15) is 4.79 Å². The van der Waals surface area contributed by atoms with Crippen molar-refractivity contribution in [2.24, 2.45) is 7.05 Å². The third-order valence-electron chi connectivity index (χ3n) is 5.02. The lowest BCUT2D eigenvalue weighted by atomic mass is 9.90. The van der Waals surface area contributed by atoms with Gasteiger partial charge in [-0.25, -0.2) is 0 Å². The highest BCUT2D eigenvalue weighted by Gasteiger charge is 2.30. The topological polar surface area (TPSA) is 50.7 Å². The molecule has 4 rings (SSSR count). The van der Waals surface area contributed by atoms with E-state index in [0.717, 1.165) is 21.9 Å². The van der Waals surface area contributed by atoms with Crippen molar-refractivity contribution >= 4 is 37.9 Å². The second-order valence-electron chi connectivity index (χ2n) is 6.61. The summed E-state index contributed by atoms with van der Waals surface area (Å²) in [6.45, 7) is 2.03. The number of aromatic nitrogens is 2. The number of pyridine rings is 1. The van der Waals surface area contributed by atoms with Crippen LogP contribution in [0.3, 0.4) is 0 Å². The molecule has 0 fully saturated rings. The summed E-state index contributed by atoms with van der Waals surface area (Å²) in [6.07, 6.45) is 6.25. The lowest BCUT2D eigenvalue weighted by Crippen LogP contribution is -2.38. The highest BCUT2D eigenvalue weighted by Crippen LogP contribution is 2.35. The molecule has 1 unspecified atom stereocenters. The van der Waals surface area contributed by atoms with E-state index in [0.29, 0.717) is 16.5 Å². The van der Waals surface area contributed by atoms with E-state index in [2.05, 4.69) is 32.6 Å². The molecule has 0 radical (unpaired) electrons. The summed E-state index contributed by atoms with van der Waals surface area (Å²) >= 11 is 3.44. The van der Waals surface area contributed by atoms with E-state index < -0.39 is 5.54 Å². The fourth-order valence-electron chi connectivity index (χ4n) is 3.64. The summed E-state index contributed by atoms with van der Waals surface area (Å²) in [4.78, 5) is 13.1. The lowest BCUT2D eigenvalue weighted by molar-refractivity contribution is 0.411. The monoisotopic (exact) mass is 393 g/mol. The minimum absolute atomic E-state index is 0.0650. The predicted molar refractivity (Wildman–Crippen MR) is 103 cm³/mol. The normalized spacial score (nSPS) is 20.0. The molecule has 2 aromatic heterocycles. The van der Waals surface area contributed by atoms with Gasteiger partial charge in [-0.05, 0) is 47.5 Å². The highest BCUT2D eigenvalue weighted by atomic mass is 79.9. The second-order valence-corrected chi connectivity index (χ2v) is 7.46. The molecule has 25 heavy (non-hydrogen) atoms. The Hall–Kier alpha value is -2.58. The van der Waals surface area contributed by atoms with E-state index in [1.165, 1.54) is 0 Å². The third-order valence-corrected chi connectivity index (χ3v) is 5.58. The number of benzene rings is 1. The molecule has 0 spiro atoms. The Bertz CT molecular complexity index is 1190. The Labute approximate surface area is 153 Å². The fraction of sp³-hybridized carbons (Fsp3) is 0.200. The highest BCUT2D eigenvalue weighted by molar-refractivity contribution is 9.10. The Morgan fingerprint density at radius 3 is 2.72 bits per heavy atom. The molecule has 1 atom stereocenters. The first-order valence-corrected chi connectivity index (χ1v) is 8.84. The molecule has 3 aromatic rings. The van der Waals surface area contributed by atoms with Gasteiger partial charge in [-0.1, -0.05) is 30.4 Å². The molecule has 1 aromatic carbocycles. The second kappa shape index (κ2) is 5.47. The van der Waals surface area contributed by atoms with Gasteiger partial charge in [0.1, 0.15) is 0 Å². The van der Waals surface area contributed by atoms with Crippen LogP contribution in [-0.4, -0.2) is 9.13 Å². The average molecular weight is 394 g/mol. The van der Waals surface area contributed by atoms with Crippen LogP contribution in [-0.2, 0) is 12.6 Å². The van der Waals surface area contributed by atoms with Gasteiger partial charge in [0.25, 0.3) is 5.56 Å². The zero-order valence-electron chi connectivity index (χ0n) is 14.0. The van der Waals surface area contributed by atoms with Crippen molar-refractivity contribution in [3.05, 3.63) is 69.0 Å². The van der Waals surface area contributed by atoms with Crippen LogP contribution in [0, 0.1) is 11.3 Å². The summed E-state index contributed by atoms with van der Waals surface area (Å²) < 4.78 is 4.50. The standard InChI is InChI=1S/C20H16BrN3O/c1-20(9-7-13(12-22)8-10-20)24-18-14-5-3-4-6-16(14)23(2)17(18)11-15(21)19(24)25/h3-9,11H,10H2,1-2H3. The van der Waals surface area contributed by atoms with Gasteiger partial charge in [-0.3, -0.25) is 9.36 Å². The fourth-order valence-corrected chi connectivity index (χ4v) is 4.04. The molecule has 1 aliphatic carbocycles. The number of aryl methyl sites for hydroxylation is 1. The van der Waals surface area contributed by atoms with E-state index >= 15 is 0 Å². The van der Waals surface area contributed by atoms with Crippen LogP contribution < -0.4 is 5.56 Å². The van der Waals surface area contributed by atoms with Crippen LogP contribution in [0.4, 0.5) is 0 Å². The molecule has 0 bridgehead atoms. The molecule has 0 saturated heterocycles. The summed E-state index contributed by atoms with van der Waals surface area (Å²) in [5.41, 5.74) is 3.05. The first kappa shape index (κ1) is 15.9. The number of fused-ring (bicyclic) bond motifs is 3.